The molecule has 2 amide bonds. The molecule has 2 rings (SSSR count). The lowest BCUT2D eigenvalue weighted by molar-refractivity contribution is -0.117. The average Bonchev–Trinajstić information content (AvgIpc) is 2.78. The van der Waals surface area contributed by atoms with E-state index in [4.69, 9.17) is 5.73 Å². The van der Waals surface area contributed by atoms with E-state index in [0.29, 0.717) is 10.6 Å². The van der Waals surface area contributed by atoms with Crippen molar-refractivity contribution in [1.29, 1.82) is 0 Å². The smallest absolute Gasteiger partial charge is 0.265 e. The normalized spacial score (nSPS) is 10.2. The lowest BCUT2D eigenvalue weighted by Crippen LogP contribution is -2.14. The van der Waals surface area contributed by atoms with Gasteiger partial charge in [0.05, 0.1) is 11.3 Å². The molecule has 0 radical (unpaired) electrons. The molecule has 0 bridgehead atoms. The molecule has 0 spiro atoms. The lowest BCUT2D eigenvalue weighted by atomic mass is 10.1. The molecule has 0 unspecified atom stereocenters. The number of carbonyl (C=O) groups is 2. The number of nitrogens with one attached hydrogen (secondary N) is 1. The van der Waals surface area contributed by atoms with Crippen LogP contribution in [-0.2, 0) is 11.2 Å². The predicted molar refractivity (Wildman–Crippen MR) is 76.3 cm³/mol. The summed E-state index contributed by atoms with van der Waals surface area (Å²) in [5, 5.41) is 2.81. The number of rotatable bonds is 4. The summed E-state index contributed by atoms with van der Waals surface area (Å²) in [5.74, 6) is -0.494. The second kappa shape index (κ2) is 5.67. The number of benzene rings is 1. The van der Waals surface area contributed by atoms with E-state index in [1.54, 1.807) is 30.3 Å². The first-order valence-corrected chi connectivity index (χ1v) is 6.61. The summed E-state index contributed by atoms with van der Waals surface area (Å²) >= 11 is 1.45. The zero-order valence-corrected chi connectivity index (χ0v) is 11.3. The SMILES string of the molecule is Cc1ccc(C(=O)Nc2ccc(CC(N)=O)cc2)s1. The second-order valence-corrected chi connectivity index (χ2v) is 5.49. The van der Waals surface area contributed by atoms with Crippen molar-refractivity contribution < 1.29 is 9.59 Å². The quantitative estimate of drug-likeness (QED) is 0.898. The van der Waals surface area contributed by atoms with E-state index in [-0.39, 0.29) is 18.2 Å². The highest BCUT2D eigenvalue weighted by Gasteiger charge is 2.08. The molecule has 0 aliphatic heterocycles. The number of thiophene rings is 1. The predicted octanol–water partition coefficient (Wildman–Crippen LogP) is 2.34. The summed E-state index contributed by atoms with van der Waals surface area (Å²) < 4.78 is 0. The van der Waals surface area contributed by atoms with Crippen LogP contribution in [0.4, 0.5) is 5.69 Å². The van der Waals surface area contributed by atoms with Gasteiger partial charge in [-0.05, 0) is 36.8 Å². The molecule has 0 atom stereocenters. The van der Waals surface area contributed by atoms with Gasteiger partial charge in [0.25, 0.3) is 5.91 Å². The van der Waals surface area contributed by atoms with Gasteiger partial charge in [0.15, 0.2) is 0 Å². The van der Waals surface area contributed by atoms with Crippen LogP contribution in [0.5, 0.6) is 0 Å². The van der Waals surface area contributed by atoms with Crippen molar-refractivity contribution >= 4 is 28.8 Å². The molecule has 19 heavy (non-hydrogen) atoms. The van der Waals surface area contributed by atoms with Crippen molar-refractivity contribution in [3.8, 4) is 0 Å². The van der Waals surface area contributed by atoms with Gasteiger partial charge in [0.2, 0.25) is 5.91 Å². The van der Waals surface area contributed by atoms with Gasteiger partial charge in [-0.1, -0.05) is 12.1 Å². The summed E-state index contributed by atoms with van der Waals surface area (Å²) in [6.45, 7) is 1.96. The molecule has 0 fully saturated rings. The Labute approximate surface area is 115 Å². The zero-order chi connectivity index (χ0) is 13.8. The van der Waals surface area contributed by atoms with E-state index in [1.807, 2.05) is 13.0 Å². The van der Waals surface area contributed by atoms with Crippen LogP contribution in [0.25, 0.3) is 0 Å². The van der Waals surface area contributed by atoms with Crippen LogP contribution < -0.4 is 11.1 Å². The van der Waals surface area contributed by atoms with E-state index in [1.165, 1.54) is 11.3 Å². The number of amides is 2. The van der Waals surface area contributed by atoms with Gasteiger partial charge < -0.3 is 11.1 Å². The fourth-order valence-electron chi connectivity index (χ4n) is 1.66. The van der Waals surface area contributed by atoms with Crippen LogP contribution in [0.3, 0.4) is 0 Å². The largest absolute Gasteiger partial charge is 0.369 e. The maximum atomic E-state index is 11.9. The van der Waals surface area contributed by atoms with E-state index < -0.39 is 0 Å². The fraction of sp³-hybridized carbons (Fsp3) is 0.143. The molecule has 0 aliphatic carbocycles. The van der Waals surface area contributed by atoms with E-state index >= 15 is 0 Å². The number of carbonyl (C=O) groups excluding carboxylic acids is 2. The highest BCUT2D eigenvalue weighted by Crippen LogP contribution is 2.17. The maximum Gasteiger partial charge on any atom is 0.265 e. The molecule has 0 saturated carbocycles. The molecule has 5 heteroatoms. The minimum atomic E-state index is -0.370. The topological polar surface area (TPSA) is 72.2 Å². The molecule has 98 valence electrons. The Morgan fingerprint density at radius 1 is 1.16 bits per heavy atom. The molecule has 4 nitrogen and oxygen atoms in total. The van der Waals surface area contributed by atoms with E-state index in [9.17, 15) is 9.59 Å². The van der Waals surface area contributed by atoms with Crippen LogP contribution in [0.15, 0.2) is 36.4 Å². The third-order valence-electron chi connectivity index (χ3n) is 2.55. The monoisotopic (exact) mass is 274 g/mol. The van der Waals surface area contributed by atoms with E-state index in [2.05, 4.69) is 5.32 Å². The van der Waals surface area contributed by atoms with Crippen molar-refractivity contribution in [3.05, 3.63) is 51.7 Å². The van der Waals surface area contributed by atoms with Crippen LogP contribution in [0.1, 0.15) is 20.1 Å². The van der Waals surface area contributed by atoms with Crippen molar-refractivity contribution in [2.45, 2.75) is 13.3 Å². The first-order valence-electron chi connectivity index (χ1n) is 5.79. The Morgan fingerprint density at radius 2 is 1.84 bits per heavy atom. The highest BCUT2D eigenvalue weighted by atomic mass is 32.1. The molecule has 3 N–H and O–H groups in total. The van der Waals surface area contributed by atoms with Gasteiger partial charge in [0, 0.05) is 10.6 Å². The minimum absolute atomic E-state index is 0.124. The molecule has 1 aromatic heterocycles. The van der Waals surface area contributed by atoms with Crippen LogP contribution in [0, 0.1) is 6.92 Å². The Morgan fingerprint density at radius 3 is 2.37 bits per heavy atom. The number of hydrogen-bond acceptors (Lipinski definition) is 3. The van der Waals surface area contributed by atoms with Crippen molar-refractivity contribution in [3.63, 3.8) is 0 Å². The van der Waals surface area contributed by atoms with Gasteiger partial charge in [-0.15, -0.1) is 11.3 Å². The van der Waals surface area contributed by atoms with Crippen LogP contribution in [0.2, 0.25) is 0 Å². The maximum absolute atomic E-state index is 11.9. The summed E-state index contributed by atoms with van der Waals surface area (Å²) in [6.07, 6.45) is 0.207. The number of primary amides is 1. The minimum Gasteiger partial charge on any atom is -0.369 e. The summed E-state index contributed by atoms with van der Waals surface area (Å²) in [6, 6.07) is 10.8. The summed E-state index contributed by atoms with van der Waals surface area (Å²) in [4.78, 5) is 24.5. The molecular formula is C14H14N2O2S. The first kappa shape index (κ1) is 13.3. The molecule has 1 aromatic carbocycles. The molecule has 2 aromatic rings. The average molecular weight is 274 g/mol. The Kier molecular flexibility index (Phi) is 3.97. The number of anilines is 1. The fourth-order valence-corrected chi connectivity index (χ4v) is 2.42. The third-order valence-corrected chi connectivity index (χ3v) is 3.55. The van der Waals surface area contributed by atoms with Crippen molar-refractivity contribution in [2.24, 2.45) is 5.73 Å². The van der Waals surface area contributed by atoms with Gasteiger partial charge in [-0.25, -0.2) is 0 Å². The number of hydrogen-bond donors (Lipinski definition) is 2. The van der Waals surface area contributed by atoms with E-state index in [0.717, 1.165) is 10.4 Å². The first-order chi connectivity index (χ1) is 9.04. The third kappa shape index (κ3) is 3.66. The highest BCUT2D eigenvalue weighted by molar-refractivity contribution is 7.14. The second-order valence-electron chi connectivity index (χ2n) is 4.20. The molecule has 1 heterocycles. The Hall–Kier alpha value is -2.14. The standard InChI is InChI=1S/C14H14N2O2S/c1-9-2-7-12(19-9)14(18)16-11-5-3-10(4-6-11)8-13(15)17/h2-7H,8H2,1H3,(H2,15,17)(H,16,18). The summed E-state index contributed by atoms with van der Waals surface area (Å²) in [5.41, 5.74) is 6.64. The van der Waals surface area contributed by atoms with Gasteiger partial charge in [0.1, 0.15) is 0 Å². The molecular weight excluding hydrogens is 260 g/mol. The van der Waals surface area contributed by atoms with Crippen LogP contribution in [-0.4, -0.2) is 11.8 Å². The Balaban J connectivity index is 2.03. The van der Waals surface area contributed by atoms with Gasteiger partial charge in [-0.2, -0.15) is 0 Å². The van der Waals surface area contributed by atoms with Gasteiger partial charge >= 0.3 is 0 Å². The number of aryl methyl sites for hydroxylation is 1. The number of nitrogens with two attached hydrogens (primary N) is 1. The molecule has 0 saturated heterocycles. The van der Waals surface area contributed by atoms with Gasteiger partial charge in [-0.3, -0.25) is 9.59 Å². The Bertz CT molecular complexity index is 602. The van der Waals surface area contributed by atoms with Crippen LogP contribution >= 0.6 is 11.3 Å². The van der Waals surface area contributed by atoms with Crippen molar-refractivity contribution in [1.82, 2.24) is 0 Å². The molecule has 0 aliphatic rings. The van der Waals surface area contributed by atoms with Crippen molar-refractivity contribution in [2.75, 3.05) is 5.32 Å². The zero-order valence-electron chi connectivity index (χ0n) is 10.5. The lowest BCUT2D eigenvalue weighted by Gasteiger charge is -2.04. The summed E-state index contributed by atoms with van der Waals surface area (Å²) in [7, 11) is 0.